The first-order valence-electron chi connectivity index (χ1n) is 9.16. The summed E-state index contributed by atoms with van der Waals surface area (Å²) in [5, 5.41) is 4.76. The van der Waals surface area contributed by atoms with Crippen molar-refractivity contribution < 1.29 is 13.2 Å². The molecular formula is C20H22N4O4S. The molecule has 0 aliphatic rings. The van der Waals surface area contributed by atoms with Gasteiger partial charge in [0.2, 0.25) is 0 Å². The fourth-order valence-corrected chi connectivity index (χ4v) is 3.72. The maximum Gasteiger partial charge on any atom is 0.287 e. The van der Waals surface area contributed by atoms with Gasteiger partial charge in [0.1, 0.15) is 0 Å². The molecule has 0 saturated carbocycles. The van der Waals surface area contributed by atoms with E-state index in [1.54, 1.807) is 43.3 Å². The minimum Gasteiger partial charge on any atom is -0.272 e. The number of sulfonamides is 1. The highest BCUT2D eigenvalue weighted by Crippen LogP contribution is 2.17. The minimum atomic E-state index is -3.96. The number of fused-ring (bicyclic) bond motifs is 1. The van der Waals surface area contributed by atoms with E-state index in [1.165, 1.54) is 12.1 Å². The van der Waals surface area contributed by atoms with Crippen molar-refractivity contribution in [2.75, 3.05) is 0 Å². The van der Waals surface area contributed by atoms with Crippen LogP contribution in [0.4, 0.5) is 0 Å². The summed E-state index contributed by atoms with van der Waals surface area (Å²) in [4.78, 5) is 27.1. The van der Waals surface area contributed by atoms with Crippen LogP contribution in [0.5, 0.6) is 0 Å². The van der Waals surface area contributed by atoms with Crippen LogP contribution in [0.2, 0.25) is 0 Å². The van der Waals surface area contributed by atoms with E-state index in [9.17, 15) is 18.0 Å². The molecule has 152 valence electrons. The molecular weight excluding hydrogens is 392 g/mol. The highest BCUT2D eigenvalue weighted by atomic mass is 32.2. The van der Waals surface area contributed by atoms with Crippen molar-refractivity contribution in [3.8, 4) is 0 Å². The summed E-state index contributed by atoms with van der Waals surface area (Å²) in [5.41, 5.74) is 2.83. The highest BCUT2D eigenvalue weighted by Gasteiger charge is 2.20. The van der Waals surface area contributed by atoms with Crippen LogP contribution in [-0.4, -0.2) is 24.1 Å². The van der Waals surface area contributed by atoms with Crippen LogP contribution in [0.1, 0.15) is 42.7 Å². The van der Waals surface area contributed by atoms with Crippen LogP contribution in [0.15, 0.2) is 58.2 Å². The number of benzene rings is 2. The van der Waals surface area contributed by atoms with Gasteiger partial charge in [-0.05, 0) is 36.6 Å². The second-order valence-electron chi connectivity index (χ2n) is 6.80. The Balaban J connectivity index is 1.87. The Hall–Kier alpha value is -3.04. The zero-order valence-corrected chi connectivity index (χ0v) is 17.2. The summed E-state index contributed by atoms with van der Waals surface area (Å²) in [6.45, 7) is 6.02. The van der Waals surface area contributed by atoms with Crippen LogP contribution < -0.4 is 15.8 Å². The Morgan fingerprint density at radius 3 is 2.28 bits per heavy atom. The first-order valence-corrected chi connectivity index (χ1v) is 10.6. The molecule has 29 heavy (non-hydrogen) atoms. The summed E-state index contributed by atoms with van der Waals surface area (Å²) in [6, 6.07) is 13.0. The van der Waals surface area contributed by atoms with E-state index in [4.69, 9.17) is 0 Å². The van der Waals surface area contributed by atoms with Crippen molar-refractivity contribution in [2.24, 2.45) is 0 Å². The van der Waals surface area contributed by atoms with Crippen molar-refractivity contribution in [1.82, 2.24) is 20.0 Å². The first-order chi connectivity index (χ1) is 13.7. The fraction of sp³-hybridized carbons (Fsp3) is 0.250. The van der Waals surface area contributed by atoms with E-state index >= 15 is 0 Å². The number of amides is 1. The molecule has 2 aromatic carbocycles. The topological polar surface area (TPSA) is 110 Å². The zero-order chi connectivity index (χ0) is 21.2. The van der Waals surface area contributed by atoms with Crippen molar-refractivity contribution in [1.29, 1.82) is 0 Å². The molecule has 3 aromatic rings. The Kier molecular flexibility index (Phi) is 5.81. The monoisotopic (exact) mass is 414 g/mol. The number of aryl methyl sites for hydroxylation is 1. The molecule has 0 bridgehead atoms. The second kappa shape index (κ2) is 8.14. The van der Waals surface area contributed by atoms with Crippen molar-refractivity contribution >= 4 is 26.7 Å². The third-order valence-electron chi connectivity index (χ3n) is 4.54. The summed E-state index contributed by atoms with van der Waals surface area (Å²) in [5.74, 6) is -0.487. The molecule has 1 aromatic heterocycles. The molecule has 0 aliphatic carbocycles. The summed E-state index contributed by atoms with van der Waals surface area (Å²) < 4.78 is 26.1. The number of aromatic nitrogens is 2. The number of carbonyl (C=O) groups is 1. The predicted octanol–water partition coefficient (Wildman–Crippen LogP) is 2.16. The van der Waals surface area contributed by atoms with Gasteiger partial charge in [0.05, 0.1) is 10.3 Å². The van der Waals surface area contributed by atoms with Crippen LogP contribution in [0, 0.1) is 0 Å². The largest absolute Gasteiger partial charge is 0.287 e. The Labute approximate surface area is 168 Å². The van der Waals surface area contributed by atoms with E-state index in [0.717, 1.165) is 10.2 Å². The summed E-state index contributed by atoms with van der Waals surface area (Å²) in [7, 11) is -3.96. The average molecular weight is 414 g/mol. The molecule has 0 unspecified atom stereocenters. The molecule has 8 nitrogen and oxygen atoms in total. The first kappa shape index (κ1) is 20.7. The van der Waals surface area contributed by atoms with Gasteiger partial charge in [-0.15, -0.1) is 4.83 Å². The maximum absolute atomic E-state index is 12.6. The average Bonchev–Trinajstić information content (AvgIpc) is 2.72. The van der Waals surface area contributed by atoms with Gasteiger partial charge in [0, 0.05) is 11.9 Å². The lowest BCUT2D eigenvalue weighted by atomic mass is 10.0. The molecule has 0 radical (unpaired) electrons. The molecule has 2 N–H and O–H groups in total. The van der Waals surface area contributed by atoms with E-state index in [1.807, 2.05) is 13.8 Å². The SMILES string of the molecule is CCn1nc(C(=O)NNS(=O)(=O)c2ccc(C(C)C)cc2)c2ccccc2c1=O. The number of hydrazine groups is 1. The molecule has 0 spiro atoms. The summed E-state index contributed by atoms with van der Waals surface area (Å²) >= 11 is 0. The Bertz CT molecular complexity index is 1220. The predicted molar refractivity (Wildman–Crippen MR) is 110 cm³/mol. The van der Waals surface area contributed by atoms with E-state index in [-0.39, 0.29) is 28.6 Å². The molecule has 0 fully saturated rings. The molecule has 3 rings (SSSR count). The lowest BCUT2D eigenvalue weighted by molar-refractivity contribution is 0.0939. The smallest absolute Gasteiger partial charge is 0.272 e. The number of nitrogens with zero attached hydrogens (tertiary/aromatic N) is 2. The lowest BCUT2D eigenvalue weighted by Gasteiger charge is -2.12. The van der Waals surface area contributed by atoms with Gasteiger partial charge < -0.3 is 0 Å². The molecule has 0 saturated heterocycles. The van der Waals surface area contributed by atoms with Crippen LogP contribution in [0.25, 0.3) is 10.8 Å². The van der Waals surface area contributed by atoms with E-state index in [0.29, 0.717) is 10.8 Å². The van der Waals surface area contributed by atoms with Gasteiger partial charge >= 0.3 is 0 Å². The fourth-order valence-electron chi connectivity index (χ4n) is 2.88. The van der Waals surface area contributed by atoms with E-state index < -0.39 is 15.9 Å². The van der Waals surface area contributed by atoms with Gasteiger partial charge in [-0.2, -0.15) is 5.10 Å². The Morgan fingerprint density at radius 2 is 1.69 bits per heavy atom. The minimum absolute atomic E-state index is 0.0264. The van der Waals surface area contributed by atoms with Crippen molar-refractivity contribution in [3.05, 3.63) is 70.1 Å². The van der Waals surface area contributed by atoms with Gasteiger partial charge in [-0.25, -0.2) is 13.1 Å². The van der Waals surface area contributed by atoms with Crippen molar-refractivity contribution in [2.45, 2.75) is 38.1 Å². The molecule has 1 heterocycles. The number of carbonyl (C=O) groups excluding carboxylic acids is 1. The number of hydrogen-bond donors (Lipinski definition) is 2. The van der Waals surface area contributed by atoms with Crippen molar-refractivity contribution in [3.63, 3.8) is 0 Å². The molecule has 0 atom stereocenters. The van der Waals surface area contributed by atoms with Crippen LogP contribution in [0.3, 0.4) is 0 Å². The maximum atomic E-state index is 12.6. The normalized spacial score (nSPS) is 11.7. The summed E-state index contributed by atoms with van der Waals surface area (Å²) in [6.07, 6.45) is 0. The number of rotatable bonds is 6. The third kappa shape index (κ3) is 4.20. The quantitative estimate of drug-likeness (QED) is 0.601. The Morgan fingerprint density at radius 1 is 1.07 bits per heavy atom. The molecule has 1 amide bonds. The molecule has 9 heteroatoms. The highest BCUT2D eigenvalue weighted by molar-refractivity contribution is 7.89. The van der Waals surface area contributed by atoms with Gasteiger partial charge in [-0.1, -0.05) is 44.2 Å². The van der Waals surface area contributed by atoms with Gasteiger partial charge in [0.15, 0.2) is 5.69 Å². The molecule has 0 aliphatic heterocycles. The lowest BCUT2D eigenvalue weighted by Crippen LogP contribution is -2.42. The third-order valence-corrected chi connectivity index (χ3v) is 5.80. The second-order valence-corrected chi connectivity index (χ2v) is 8.48. The number of hydrogen-bond acceptors (Lipinski definition) is 5. The van der Waals surface area contributed by atoms with E-state index in [2.05, 4.69) is 15.4 Å². The zero-order valence-electron chi connectivity index (χ0n) is 16.3. The van der Waals surface area contributed by atoms with Crippen LogP contribution in [-0.2, 0) is 16.6 Å². The number of nitrogens with one attached hydrogen (secondary N) is 2. The van der Waals surface area contributed by atoms with Crippen LogP contribution >= 0.6 is 0 Å². The van der Waals surface area contributed by atoms with Gasteiger partial charge in [0.25, 0.3) is 21.5 Å². The van der Waals surface area contributed by atoms with Gasteiger partial charge in [-0.3, -0.25) is 15.0 Å². The standard InChI is InChI=1S/C20H22N4O4S/c1-4-24-20(26)17-8-6-5-7-16(17)18(22-24)19(25)21-23-29(27,28)15-11-9-14(10-12-15)13(2)3/h5-13,23H,4H2,1-3H3,(H,21,25).